The molecule has 0 aliphatic heterocycles. The van der Waals surface area contributed by atoms with E-state index in [0.717, 1.165) is 35.3 Å². The van der Waals surface area contributed by atoms with Crippen molar-refractivity contribution in [1.82, 2.24) is 15.3 Å². The van der Waals surface area contributed by atoms with Crippen LogP contribution in [0, 0.1) is 6.92 Å². The summed E-state index contributed by atoms with van der Waals surface area (Å²) in [6.45, 7) is 6.40. The van der Waals surface area contributed by atoms with Gasteiger partial charge in [-0.3, -0.25) is 10.1 Å². The maximum absolute atomic E-state index is 12.2. The first-order valence-corrected chi connectivity index (χ1v) is 9.35. The highest BCUT2D eigenvalue weighted by Gasteiger charge is 2.25. The lowest BCUT2D eigenvalue weighted by atomic mass is 10.1. The third kappa shape index (κ3) is 3.58. The van der Waals surface area contributed by atoms with Crippen LogP contribution < -0.4 is 10.2 Å². The molecule has 0 atom stereocenters. The van der Waals surface area contributed by atoms with Gasteiger partial charge < -0.3 is 9.64 Å². The van der Waals surface area contributed by atoms with Gasteiger partial charge in [-0.15, -0.1) is 11.3 Å². The van der Waals surface area contributed by atoms with Gasteiger partial charge in [0.25, 0.3) is 0 Å². The molecule has 7 nitrogen and oxygen atoms in total. The fourth-order valence-corrected chi connectivity index (χ4v) is 4.44. The number of imide groups is 1. The van der Waals surface area contributed by atoms with E-state index in [-0.39, 0.29) is 13.2 Å². The molecule has 134 valence electrons. The van der Waals surface area contributed by atoms with Gasteiger partial charge in [0.2, 0.25) is 5.91 Å². The lowest BCUT2D eigenvalue weighted by molar-refractivity contribution is -0.119. The zero-order valence-corrected chi connectivity index (χ0v) is 15.5. The van der Waals surface area contributed by atoms with Crippen molar-refractivity contribution in [2.45, 2.75) is 40.0 Å². The minimum Gasteiger partial charge on any atom is -0.450 e. The first-order valence-electron chi connectivity index (χ1n) is 8.53. The van der Waals surface area contributed by atoms with E-state index in [1.54, 1.807) is 18.3 Å². The number of thiophene rings is 1. The quantitative estimate of drug-likeness (QED) is 0.880. The summed E-state index contributed by atoms with van der Waals surface area (Å²) >= 11 is 1.73. The van der Waals surface area contributed by atoms with Crippen LogP contribution in [0.3, 0.4) is 0 Å². The Morgan fingerprint density at radius 3 is 2.80 bits per heavy atom. The van der Waals surface area contributed by atoms with Crippen molar-refractivity contribution < 1.29 is 14.3 Å². The molecule has 0 saturated heterocycles. The molecule has 2 aromatic rings. The zero-order chi connectivity index (χ0) is 18.0. The van der Waals surface area contributed by atoms with Crippen molar-refractivity contribution in [2.24, 2.45) is 0 Å². The average molecular weight is 362 g/mol. The monoisotopic (exact) mass is 362 g/mol. The third-order valence-corrected chi connectivity index (χ3v) is 5.38. The van der Waals surface area contributed by atoms with Gasteiger partial charge in [0.1, 0.15) is 16.5 Å². The molecule has 1 N–H and O–H groups in total. The molecule has 2 amide bonds. The second-order valence-corrected chi connectivity index (χ2v) is 7.00. The van der Waals surface area contributed by atoms with Gasteiger partial charge in [0.15, 0.2) is 0 Å². The number of carbonyl (C=O) groups is 2. The highest BCUT2D eigenvalue weighted by Crippen LogP contribution is 2.40. The average Bonchev–Trinajstić information content (AvgIpc) is 3.12. The van der Waals surface area contributed by atoms with Crippen LogP contribution in [0.4, 0.5) is 10.6 Å². The Labute approximate surface area is 150 Å². The van der Waals surface area contributed by atoms with Gasteiger partial charge in [-0.05, 0) is 45.6 Å². The normalized spacial score (nSPS) is 12.9. The summed E-state index contributed by atoms with van der Waals surface area (Å²) in [5.74, 6) is 1.06. The number of amides is 2. The molecule has 0 radical (unpaired) electrons. The van der Waals surface area contributed by atoms with E-state index in [4.69, 9.17) is 4.74 Å². The lowest BCUT2D eigenvalue weighted by Crippen LogP contribution is -2.40. The summed E-state index contributed by atoms with van der Waals surface area (Å²) in [7, 11) is 0. The molecular formula is C17H22N4O3S. The summed E-state index contributed by atoms with van der Waals surface area (Å²) in [5.41, 5.74) is 1.32. The number of rotatable bonds is 5. The van der Waals surface area contributed by atoms with Crippen molar-refractivity contribution in [3.05, 3.63) is 16.3 Å². The van der Waals surface area contributed by atoms with E-state index >= 15 is 0 Å². The number of nitrogens with one attached hydrogen (secondary N) is 1. The number of alkyl carbamates (subject to hydrolysis) is 1. The minimum absolute atomic E-state index is 0.0471. The molecule has 3 rings (SSSR count). The second kappa shape index (κ2) is 7.35. The smallest absolute Gasteiger partial charge is 0.413 e. The first kappa shape index (κ1) is 17.6. The molecule has 2 aromatic heterocycles. The van der Waals surface area contributed by atoms with E-state index in [9.17, 15) is 9.59 Å². The number of hydrogen-bond donors (Lipinski definition) is 1. The number of ether oxygens (including phenoxy) is 1. The van der Waals surface area contributed by atoms with E-state index < -0.39 is 12.0 Å². The molecule has 2 heterocycles. The molecule has 8 heteroatoms. The van der Waals surface area contributed by atoms with Crippen molar-refractivity contribution in [3.63, 3.8) is 0 Å². The summed E-state index contributed by atoms with van der Waals surface area (Å²) in [4.78, 5) is 37.0. The number of nitrogens with zero attached hydrogens (tertiary/aromatic N) is 3. The van der Waals surface area contributed by atoms with Gasteiger partial charge in [0, 0.05) is 11.4 Å². The van der Waals surface area contributed by atoms with Crippen LogP contribution in [0.25, 0.3) is 10.2 Å². The minimum atomic E-state index is -0.719. The van der Waals surface area contributed by atoms with Crippen LogP contribution >= 0.6 is 11.3 Å². The number of fused-ring (bicyclic) bond motifs is 3. The van der Waals surface area contributed by atoms with Gasteiger partial charge >= 0.3 is 6.09 Å². The Morgan fingerprint density at radius 2 is 2.08 bits per heavy atom. The van der Waals surface area contributed by atoms with Crippen LogP contribution in [0.15, 0.2) is 0 Å². The van der Waals surface area contributed by atoms with Gasteiger partial charge in [-0.1, -0.05) is 0 Å². The molecule has 0 fully saturated rings. The van der Waals surface area contributed by atoms with Crippen LogP contribution in [-0.2, 0) is 22.4 Å². The molecule has 0 aromatic carbocycles. The standard InChI is InChI=1S/C17H22N4O3S/c1-4-21(9-13(22)20-17(23)24-5-2)15-14-11-7-6-8-12(11)25-16(14)19-10(3)18-15/h4-9H2,1-3H3,(H,20,22,23). The van der Waals surface area contributed by atoms with Crippen LogP contribution in [0.5, 0.6) is 0 Å². The van der Waals surface area contributed by atoms with Gasteiger partial charge in [0.05, 0.1) is 18.5 Å². The molecule has 0 saturated carbocycles. The van der Waals surface area contributed by atoms with Crippen molar-refractivity contribution in [1.29, 1.82) is 0 Å². The SMILES string of the molecule is CCOC(=O)NC(=O)CN(CC)c1nc(C)nc2sc3c(c12)CCC3. The second-order valence-electron chi connectivity index (χ2n) is 5.91. The number of aryl methyl sites for hydroxylation is 3. The molecule has 1 aliphatic rings. The largest absolute Gasteiger partial charge is 0.450 e. The first-order chi connectivity index (χ1) is 12.0. The van der Waals surface area contributed by atoms with E-state index in [2.05, 4.69) is 15.3 Å². The third-order valence-electron chi connectivity index (χ3n) is 4.19. The number of hydrogen-bond acceptors (Lipinski definition) is 7. The maximum Gasteiger partial charge on any atom is 0.413 e. The molecule has 0 bridgehead atoms. The number of anilines is 1. The Kier molecular flexibility index (Phi) is 5.17. The number of likely N-dealkylation sites (N-methyl/N-ethyl adjacent to an activating group) is 1. The Balaban J connectivity index is 1.90. The Bertz CT molecular complexity index is 818. The summed E-state index contributed by atoms with van der Waals surface area (Å²) < 4.78 is 4.76. The van der Waals surface area contributed by atoms with E-state index in [0.29, 0.717) is 12.4 Å². The van der Waals surface area contributed by atoms with Crippen molar-refractivity contribution >= 4 is 39.4 Å². The molecular weight excluding hydrogens is 340 g/mol. The predicted octanol–water partition coefficient (Wildman–Crippen LogP) is 2.59. The van der Waals surface area contributed by atoms with Crippen molar-refractivity contribution in [2.75, 3.05) is 24.6 Å². The molecule has 25 heavy (non-hydrogen) atoms. The van der Waals surface area contributed by atoms with Crippen molar-refractivity contribution in [3.8, 4) is 0 Å². The summed E-state index contributed by atoms with van der Waals surface area (Å²) in [5, 5.41) is 3.31. The predicted molar refractivity (Wildman–Crippen MR) is 97.2 cm³/mol. The highest BCUT2D eigenvalue weighted by molar-refractivity contribution is 7.19. The van der Waals surface area contributed by atoms with Gasteiger partial charge in [-0.25, -0.2) is 14.8 Å². The maximum atomic E-state index is 12.2. The molecule has 0 unspecified atom stereocenters. The van der Waals surface area contributed by atoms with Gasteiger partial charge in [-0.2, -0.15) is 0 Å². The fraction of sp³-hybridized carbons (Fsp3) is 0.529. The topological polar surface area (TPSA) is 84.4 Å². The fourth-order valence-electron chi connectivity index (χ4n) is 3.14. The zero-order valence-electron chi connectivity index (χ0n) is 14.7. The van der Waals surface area contributed by atoms with Crippen LogP contribution in [0.2, 0.25) is 0 Å². The van der Waals surface area contributed by atoms with Crippen LogP contribution in [-0.4, -0.2) is 41.7 Å². The lowest BCUT2D eigenvalue weighted by Gasteiger charge is -2.22. The van der Waals surface area contributed by atoms with E-state index in [1.165, 1.54) is 10.4 Å². The highest BCUT2D eigenvalue weighted by atomic mass is 32.1. The Hall–Kier alpha value is -2.22. The number of aromatic nitrogens is 2. The number of carbonyl (C=O) groups excluding carboxylic acids is 2. The van der Waals surface area contributed by atoms with E-state index in [1.807, 2.05) is 18.7 Å². The van der Waals surface area contributed by atoms with Crippen LogP contribution in [0.1, 0.15) is 36.5 Å². The summed E-state index contributed by atoms with van der Waals surface area (Å²) in [6.07, 6.45) is 2.55. The molecule has 1 aliphatic carbocycles. The molecule has 0 spiro atoms. The summed E-state index contributed by atoms with van der Waals surface area (Å²) in [6, 6.07) is 0. The Morgan fingerprint density at radius 1 is 1.28 bits per heavy atom.